The van der Waals surface area contributed by atoms with Crippen LogP contribution in [0.5, 0.6) is 0 Å². The number of nitriles is 1. The summed E-state index contributed by atoms with van der Waals surface area (Å²) in [5.41, 5.74) is 4.24. The highest BCUT2D eigenvalue weighted by Crippen LogP contribution is 2.45. The number of imide groups is 1. The molecule has 0 saturated carbocycles. The molecule has 0 aliphatic carbocycles. The monoisotopic (exact) mass is 778 g/mol. The molecule has 3 amide bonds. The fraction of sp³-hybridized carbons (Fsp3) is 0.524. The summed E-state index contributed by atoms with van der Waals surface area (Å²) in [6, 6.07) is 19.9. The molecular formula is C42H51ClN10O3. The number of rotatable bonds is 8. The van der Waals surface area contributed by atoms with E-state index >= 15 is 0 Å². The summed E-state index contributed by atoms with van der Waals surface area (Å²) in [4.78, 5) is 48.8. The molecule has 5 aliphatic heterocycles. The Labute approximate surface area is 333 Å². The van der Waals surface area contributed by atoms with Crippen LogP contribution in [0.25, 0.3) is 0 Å². The van der Waals surface area contributed by atoms with Gasteiger partial charge in [0.2, 0.25) is 11.8 Å². The summed E-state index contributed by atoms with van der Waals surface area (Å²) in [7, 11) is 0. The molecule has 1 spiro atoms. The van der Waals surface area contributed by atoms with E-state index in [0.29, 0.717) is 41.1 Å². The zero-order valence-electron chi connectivity index (χ0n) is 32.1. The first-order valence-electron chi connectivity index (χ1n) is 20.2. The molecule has 2 atom stereocenters. The average molecular weight is 779 g/mol. The number of hydrogen-bond donors (Lipinski definition) is 2. The van der Waals surface area contributed by atoms with Crippen molar-refractivity contribution in [2.75, 3.05) is 85.5 Å². The molecule has 0 bridgehead atoms. The molecule has 6 heterocycles. The highest BCUT2D eigenvalue weighted by Gasteiger charge is 2.44. The second kappa shape index (κ2) is 16.3. The number of halogens is 1. The van der Waals surface area contributed by atoms with Crippen molar-refractivity contribution < 1.29 is 14.4 Å². The Morgan fingerprint density at radius 3 is 2.41 bits per heavy atom. The number of hydrogen-bond acceptors (Lipinski definition) is 11. The smallest absolute Gasteiger partial charge is 0.274 e. The Bertz CT molecular complexity index is 1960. The molecule has 5 fully saturated rings. The standard InChI is InChI=1S/C42H51ClN10O3/c1-29-25-42(28-53(29)34-6-5-31(26-44)35(43)24-34)13-17-51(18-14-42)38-9-7-37(47-48-38)41(56)52-15-11-30(12-16-52)27-49-19-21-50(22-20-49)33-4-2-3-32(23-33)45-36-8-10-39(54)46-40(36)55/h2-7,9,23-24,29-30,36,45H,8,10-22,25,27-28H2,1H3,(H,46,54,55)/t29-,36+/m0/s1. The Morgan fingerprint density at radius 2 is 1.71 bits per heavy atom. The van der Waals surface area contributed by atoms with Crippen molar-refractivity contribution in [3.63, 3.8) is 0 Å². The van der Waals surface area contributed by atoms with Crippen molar-refractivity contribution in [1.29, 1.82) is 5.26 Å². The molecule has 2 aromatic carbocycles. The van der Waals surface area contributed by atoms with Crippen LogP contribution in [0, 0.1) is 22.7 Å². The third-order valence-corrected chi connectivity index (χ3v) is 13.1. The third-order valence-electron chi connectivity index (χ3n) is 12.8. The molecule has 13 nitrogen and oxygen atoms in total. The number of carbonyl (C=O) groups excluding carboxylic acids is 3. The number of piperidine rings is 3. The Hall–Kier alpha value is -4.93. The summed E-state index contributed by atoms with van der Waals surface area (Å²) in [5, 5.41) is 24.4. The van der Waals surface area contributed by atoms with Gasteiger partial charge in [-0.2, -0.15) is 5.26 Å². The summed E-state index contributed by atoms with van der Waals surface area (Å²) in [5.74, 6) is 0.875. The maximum Gasteiger partial charge on any atom is 0.274 e. The number of aromatic nitrogens is 2. The molecule has 0 radical (unpaired) electrons. The first-order valence-corrected chi connectivity index (χ1v) is 20.5. The van der Waals surface area contributed by atoms with Crippen molar-refractivity contribution in [3.8, 4) is 6.07 Å². The number of benzene rings is 2. The van der Waals surface area contributed by atoms with Gasteiger partial charge in [0.15, 0.2) is 11.5 Å². The largest absolute Gasteiger partial charge is 0.374 e. The lowest BCUT2D eigenvalue weighted by atomic mass is 9.77. The third kappa shape index (κ3) is 8.27. The first kappa shape index (κ1) is 38.0. The Kier molecular flexibility index (Phi) is 11.0. The predicted molar refractivity (Wildman–Crippen MR) is 217 cm³/mol. The van der Waals surface area contributed by atoms with Gasteiger partial charge < -0.3 is 24.9 Å². The molecule has 294 valence electrons. The Morgan fingerprint density at radius 1 is 0.929 bits per heavy atom. The van der Waals surface area contributed by atoms with Crippen LogP contribution in [0.2, 0.25) is 5.02 Å². The predicted octanol–water partition coefficient (Wildman–Crippen LogP) is 4.78. The number of nitrogens with zero attached hydrogens (tertiary/aromatic N) is 8. The van der Waals surface area contributed by atoms with E-state index < -0.39 is 6.04 Å². The highest BCUT2D eigenvalue weighted by atomic mass is 35.5. The number of likely N-dealkylation sites (tertiary alicyclic amines) is 1. The van der Waals surface area contributed by atoms with Gasteiger partial charge in [0.05, 0.1) is 10.6 Å². The maximum atomic E-state index is 13.5. The van der Waals surface area contributed by atoms with E-state index in [1.54, 1.807) is 0 Å². The van der Waals surface area contributed by atoms with Gasteiger partial charge >= 0.3 is 0 Å². The number of carbonyl (C=O) groups is 3. The SMILES string of the molecule is C[C@H]1CC2(CCN(c3ccc(C(=O)N4CCC(CN5CCN(c6cccc(N[C@@H]7CCC(=O)NC7=O)c6)CC5)CC4)nn3)CC2)CN1c1ccc(C#N)c(Cl)c1. The molecule has 8 rings (SSSR count). The van der Waals surface area contributed by atoms with Gasteiger partial charge in [-0.05, 0) is 105 Å². The second-order valence-corrected chi connectivity index (χ2v) is 16.8. The molecule has 3 aromatic rings. The second-order valence-electron chi connectivity index (χ2n) is 16.4. The maximum absolute atomic E-state index is 13.5. The van der Waals surface area contributed by atoms with Gasteiger partial charge in [0.1, 0.15) is 12.1 Å². The summed E-state index contributed by atoms with van der Waals surface area (Å²) < 4.78 is 0. The van der Waals surface area contributed by atoms with Crippen LogP contribution in [-0.4, -0.2) is 115 Å². The van der Waals surface area contributed by atoms with Crippen LogP contribution in [0.1, 0.15) is 67.9 Å². The normalized spacial score (nSPS) is 23.3. The molecule has 0 unspecified atom stereocenters. The zero-order valence-corrected chi connectivity index (χ0v) is 32.9. The molecular weight excluding hydrogens is 728 g/mol. The zero-order chi connectivity index (χ0) is 38.8. The molecule has 56 heavy (non-hydrogen) atoms. The molecule has 5 saturated heterocycles. The minimum Gasteiger partial charge on any atom is -0.374 e. The van der Waals surface area contributed by atoms with Crippen LogP contribution in [0.15, 0.2) is 54.6 Å². The number of anilines is 4. The van der Waals surface area contributed by atoms with Crippen LogP contribution in [0.4, 0.5) is 22.9 Å². The van der Waals surface area contributed by atoms with Gasteiger partial charge in [0.25, 0.3) is 5.91 Å². The highest BCUT2D eigenvalue weighted by molar-refractivity contribution is 6.32. The van der Waals surface area contributed by atoms with E-state index in [1.165, 1.54) is 0 Å². The van der Waals surface area contributed by atoms with E-state index in [9.17, 15) is 19.6 Å². The summed E-state index contributed by atoms with van der Waals surface area (Å²) in [6.07, 6.45) is 6.06. The van der Waals surface area contributed by atoms with E-state index in [2.05, 4.69) is 65.6 Å². The minimum absolute atomic E-state index is 0.0361. The van der Waals surface area contributed by atoms with Crippen LogP contribution < -0.4 is 25.3 Å². The fourth-order valence-electron chi connectivity index (χ4n) is 9.48. The Balaban J connectivity index is 0.762. The molecule has 2 N–H and O–H groups in total. The molecule has 5 aliphatic rings. The first-order chi connectivity index (χ1) is 27.1. The fourth-order valence-corrected chi connectivity index (χ4v) is 9.69. The van der Waals surface area contributed by atoms with Crippen molar-refractivity contribution in [3.05, 3.63) is 70.9 Å². The van der Waals surface area contributed by atoms with Gasteiger partial charge in [-0.1, -0.05) is 17.7 Å². The lowest BCUT2D eigenvalue weighted by molar-refractivity contribution is -0.133. The van der Waals surface area contributed by atoms with Crippen LogP contribution >= 0.6 is 11.6 Å². The summed E-state index contributed by atoms with van der Waals surface area (Å²) >= 11 is 6.37. The molecule has 1 aromatic heterocycles. The lowest BCUT2D eigenvalue weighted by Gasteiger charge is -2.40. The van der Waals surface area contributed by atoms with Gasteiger partial charge in [-0.25, -0.2) is 0 Å². The van der Waals surface area contributed by atoms with Crippen LogP contribution in [0.3, 0.4) is 0 Å². The minimum atomic E-state index is -0.396. The average Bonchev–Trinajstić information content (AvgIpc) is 3.54. The van der Waals surface area contributed by atoms with E-state index in [1.807, 2.05) is 47.4 Å². The van der Waals surface area contributed by atoms with E-state index in [4.69, 9.17) is 11.6 Å². The van der Waals surface area contributed by atoms with Crippen molar-refractivity contribution >= 4 is 52.2 Å². The number of piperazine rings is 1. The van der Waals surface area contributed by atoms with Gasteiger partial charge in [0, 0.05) is 95.0 Å². The van der Waals surface area contributed by atoms with Crippen LogP contribution in [-0.2, 0) is 9.59 Å². The van der Waals surface area contributed by atoms with Crippen molar-refractivity contribution in [1.82, 2.24) is 25.3 Å². The van der Waals surface area contributed by atoms with Gasteiger partial charge in [-0.3, -0.25) is 24.6 Å². The topological polar surface area (TPSA) is 141 Å². The van der Waals surface area contributed by atoms with E-state index in [0.717, 1.165) is 120 Å². The lowest BCUT2D eigenvalue weighted by Crippen LogP contribution is -2.49. The number of amides is 3. The van der Waals surface area contributed by atoms with Crippen molar-refractivity contribution in [2.24, 2.45) is 11.3 Å². The van der Waals surface area contributed by atoms with Crippen molar-refractivity contribution in [2.45, 2.75) is 64.0 Å². The van der Waals surface area contributed by atoms with E-state index in [-0.39, 0.29) is 23.1 Å². The summed E-state index contributed by atoms with van der Waals surface area (Å²) in [6.45, 7) is 11.4. The number of nitrogens with one attached hydrogen (secondary N) is 2. The quantitative estimate of drug-likeness (QED) is 0.306. The molecule has 14 heteroatoms. The van der Waals surface area contributed by atoms with Gasteiger partial charge in [-0.15, -0.1) is 10.2 Å².